The maximum Gasteiger partial charge on any atom is 0.339 e. The van der Waals surface area contributed by atoms with E-state index in [1.807, 2.05) is 0 Å². The van der Waals surface area contributed by atoms with Crippen LogP contribution in [-0.4, -0.2) is 104 Å². The van der Waals surface area contributed by atoms with Crippen LogP contribution in [0.25, 0.3) is 0 Å². The molecule has 1 aliphatic carbocycles. The van der Waals surface area contributed by atoms with Crippen LogP contribution < -0.4 is 0 Å². The van der Waals surface area contributed by atoms with Gasteiger partial charge in [0.05, 0.1) is 78.2 Å². The second kappa shape index (κ2) is 14.6. The van der Waals surface area contributed by atoms with E-state index in [0.29, 0.717) is 0 Å². The molecule has 0 aliphatic heterocycles. The first-order valence-corrected chi connectivity index (χ1v) is 11.7. The molecule has 41 heavy (non-hydrogen) atoms. The van der Waals surface area contributed by atoms with Gasteiger partial charge in [-0.2, -0.15) is 0 Å². The lowest BCUT2D eigenvalue weighted by Crippen LogP contribution is -2.57. The van der Waals surface area contributed by atoms with E-state index in [1.165, 1.54) is 13.8 Å². The van der Waals surface area contributed by atoms with E-state index in [2.05, 4.69) is 0 Å². The third kappa shape index (κ3) is 5.90. The summed E-state index contributed by atoms with van der Waals surface area (Å²) in [5, 5.41) is 0. The van der Waals surface area contributed by atoms with Crippen molar-refractivity contribution in [3.05, 3.63) is 22.3 Å². The summed E-state index contributed by atoms with van der Waals surface area (Å²) < 4.78 is 38.7. The van der Waals surface area contributed by atoms with Crippen LogP contribution in [-0.2, 0) is 76.3 Å². The highest BCUT2D eigenvalue weighted by Crippen LogP contribution is 2.52. The number of hydrogen-bond donors (Lipinski definition) is 0. The Morgan fingerprint density at radius 3 is 1.34 bits per heavy atom. The van der Waals surface area contributed by atoms with Gasteiger partial charge < -0.3 is 37.9 Å². The number of carbonyl (C=O) groups excluding carboxylic acids is 8. The van der Waals surface area contributed by atoms with Crippen LogP contribution in [0.4, 0.5) is 0 Å². The van der Waals surface area contributed by atoms with Crippen molar-refractivity contribution in [2.24, 2.45) is 17.3 Å². The summed E-state index contributed by atoms with van der Waals surface area (Å²) in [5.41, 5.74) is -8.39. The summed E-state index contributed by atoms with van der Waals surface area (Å²) in [6.07, 6.45) is 0. The molecule has 0 heterocycles. The third-order valence-electron chi connectivity index (χ3n) is 5.95. The fourth-order valence-corrected chi connectivity index (χ4v) is 4.36. The fraction of sp³-hybridized carbons (Fsp3) is 0.520. The van der Waals surface area contributed by atoms with Crippen LogP contribution in [0.5, 0.6) is 0 Å². The lowest BCUT2D eigenvalue weighted by molar-refractivity contribution is -0.185. The smallest absolute Gasteiger partial charge is 0.339 e. The van der Waals surface area contributed by atoms with Crippen molar-refractivity contribution in [1.82, 2.24) is 0 Å². The predicted molar refractivity (Wildman–Crippen MR) is 129 cm³/mol. The molecule has 2 unspecified atom stereocenters. The number of rotatable bonds is 10. The SMILES string of the molecule is CCOC(=O)C1(C(=O)OCC)C(C(=O)OC)=C(C(=O)OC)C(C(=O)OC)=C(C(=O)OC)C(C(=O)OC)C1C(=O)OC. The van der Waals surface area contributed by atoms with Crippen LogP contribution in [0.2, 0.25) is 0 Å². The lowest BCUT2D eigenvalue weighted by Gasteiger charge is -2.37. The van der Waals surface area contributed by atoms with E-state index in [0.717, 1.165) is 42.7 Å². The van der Waals surface area contributed by atoms with Gasteiger partial charge >= 0.3 is 47.8 Å². The minimum atomic E-state index is -3.45. The molecule has 0 spiro atoms. The Morgan fingerprint density at radius 2 is 0.976 bits per heavy atom. The maximum atomic E-state index is 13.9. The number of esters is 8. The van der Waals surface area contributed by atoms with Gasteiger partial charge in [-0.3, -0.25) is 19.2 Å². The van der Waals surface area contributed by atoms with Crippen molar-refractivity contribution in [3.8, 4) is 0 Å². The van der Waals surface area contributed by atoms with Crippen LogP contribution >= 0.6 is 0 Å². The van der Waals surface area contributed by atoms with Crippen LogP contribution in [0.15, 0.2) is 22.3 Å². The third-order valence-corrected chi connectivity index (χ3v) is 5.95. The molecule has 0 aromatic rings. The van der Waals surface area contributed by atoms with Gasteiger partial charge in [0.1, 0.15) is 11.8 Å². The van der Waals surface area contributed by atoms with E-state index >= 15 is 0 Å². The zero-order valence-electron chi connectivity index (χ0n) is 23.6. The van der Waals surface area contributed by atoms with E-state index in [9.17, 15) is 38.4 Å². The van der Waals surface area contributed by atoms with Crippen LogP contribution in [0.1, 0.15) is 13.8 Å². The Kier molecular flexibility index (Phi) is 12.2. The first-order chi connectivity index (χ1) is 19.4. The molecule has 1 rings (SSSR count). The number of carbonyl (C=O) groups is 8. The van der Waals surface area contributed by atoms with Gasteiger partial charge in [0.25, 0.3) is 0 Å². The largest absolute Gasteiger partial charge is 0.469 e. The van der Waals surface area contributed by atoms with Crippen molar-refractivity contribution < 1.29 is 76.3 Å². The van der Waals surface area contributed by atoms with Gasteiger partial charge in [-0.25, -0.2) is 19.2 Å². The Labute approximate surface area is 233 Å². The van der Waals surface area contributed by atoms with E-state index in [1.54, 1.807) is 0 Å². The standard InChI is InChI=1S/C25H30O16/c1-9-40-23(32)25(24(33)41-10-2)15(21(30)38-7)13(19(28)36-5)11(17(26)34-3)12(18(27)35-4)14(20(29)37-6)16(25)22(31)39-8/h13,15H,9-10H2,1-8H3. The van der Waals surface area contributed by atoms with E-state index in [-0.39, 0.29) is 0 Å². The summed E-state index contributed by atoms with van der Waals surface area (Å²) in [6, 6.07) is 0. The van der Waals surface area contributed by atoms with Crippen molar-refractivity contribution in [2.45, 2.75) is 13.8 Å². The molecule has 0 saturated carbocycles. The quantitative estimate of drug-likeness (QED) is 0.170. The molecule has 0 aromatic heterocycles. The summed E-state index contributed by atoms with van der Waals surface area (Å²) >= 11 is 0. The van der Waals surface area contributed by atoms with Crippen molar-refractivity contribution in [3.63, 3.8) is 0 Å². The molecule has 226 valence electrons. The predicted octanol–water partition coefficient (Wildman–Crippen LogP) is -1.02. The Morgan fingerprint density at radius 1 is 0.561 bits per heavy atom. The molecular weight excluding hydrogens is 556 g/mol. The first-order valence-electron chi connectivity index (χ1n) is 11.7. The van der Waals surface area contributed by atoms with Gasteiger partial charge in [0.15, 0.2) is 0 Å². The number of methoxy groups -OCH3 is 6. The van der Waals surface area contributed by atoms with Crippen molar-refractivity contribution in [2.75, 3.05) is 55.9 Å². The number of hydrogen-bond acceptors (Lipinski definition) is 16. The average Bonchev–Trinajstić information content (AvgIpc) is 3.10. The van der Waals surface area contributed by atoms with Gasteiger partial charge in [-0.05, 0) is 13.8 Å². The number of ether oxygens (including phenoxy) is 8. The summed E-state index contributed by atoms with van der Waals surface area (Å²) in [4.78, 5) is 108. The molecular formula is C25H30O16. The molecule has 1 aliphatic rings. The van der Waals surface area contributed by atoms with Gasteiger partial charge in [-0.15, -0.1) is 0 Å². The fourth-order valence-electron chi connectivity index (χ4n) is 4.36. The molecule has 0 bridgehead atoms. The van der Waals surface area contributed by atoms with Crippen LogP contribution in [0, 0.1) is 17.3 Å². The molecule has 0 fully saturated rings. The molecule has 0 aromatic carbocycles. The second-order valence-corrected chi connectivity index (χ2v) is 7.76. The normalized spacial score (nSPS) is 17.8. The summed E-state index contributed by atoms with van der Waals surface area (Å²) in [6.45, 7) is 1.61. The highest BCUT2D eigenvalue weighted by molar-refractivity contribution is 6.23. The molecule has 0 N–H and O–H groups in total. The minimum absolute atomic E-state index is 0.486. The maximum absolute atomic E-state index is 13.9. The Hall–Kier alpha value is -4.76. The Balaban J connectivity index is 5.08. The Bertz CT molecular complexity index is 1170. The zero-order chi connectivity index (χ0) is 31.7. The highest BCUT2D eigenvalue weighted by atomic mass is 16.6. The molecule has 16 heteroatoms. The topological polar surface area (TPSA) is 210 Å². The van der Waals surface area contributed by atoms with Gasteiger partial charge in [-0.1, -0.05) is 0 Å². The average molecular weight is 586 g/mol. The molecule has 0 saturated heterocycles. The second-order valence-electron chi connectivity index (χ2n) is 7.76. The van der Waals surface area contributed by atoms with Gasteiger partial charge in [0, 0.05) is 0 Å². The monoisotopic (exact) mass is 586 g/mol. The van der Waals surface area contributed by atoms with E-state index in [4.69, 9.17) is 37.9 Å². The molecule has 0 radical (unpaired) electrons. The zero-order valence-corrected chi connectivity index (χ0v) is 23.6. The van der Waals surface area contributed by atoms with E-state index < -0.39 is 101 Å². The minimum Gasteiger partial charge on any atom is -0.469 e. The molecule has 0 amide bonds. The van der Waals surface area contributed by atoms with Crippen molar-refractivity contribution in [1.29, 1.82) is 0 Å². The summed E-state index contributed by atoms with van der Waals surface area (Å²) in [5.74, 6) is -18.0. The molecule has 16 nitrogen and oxygen atoms in total. The van der Waals surface area contributed by atoms with Gasteiger partial charge in [0.2, 0.25) is 5.41 Å². The lowest BCUT2D eigenvalue weighted by atomic mass is 9.63. The molecule has 2 atom stereocenters. The van der Waals surface area contributed by atoms with Crippen LogP contribution in [0.3, 0.4) is 0 Å². The summed E-state index contributed by atoms with van der Waals surface area (Å²) in [7, 11) is 4.76. The first kappa shape index (κ1) is 34.3. The van der Waals surface area contributed by atoms with Crippen molar-refractivity contribution >= 4 is 47.8 Å². The highest BCUT2D eigenvalue weighted by Gasteiger charge is 2.70.